The molecular weight excluding hydrogens is 221 g/mol. The number of nitrogens with one attached hydrogen (secondary N) is 1. The molecule has 1 fully saturated rings. The largest absolute Gasteiger partial charge is 0.316 e. The van der Waals surface area contributed by atoms with E-state index in [9.17, 15) is 4.39 Å². The minimum atomic E-state index is -0.0380. The van der Waals surface area contributed by atoms with Gasteiger partial charge < -0.3 is 5.32 Å². The maximum Gasteiger partial charge on any atom is 0.127 e. The molecule has 0 saturated carbocycles. The van der Waals surface area contributed by atoms with Crippen molar-refractivity contribution in [3.8, 4) is 0 Å². The third kappa shape index (κ3) is 2.41. The standard InChI is InChI=1S/C13H18FNS/c1-9-6-12(14)11(7-13(9)16-2)10-4-3-5-15-8-10/h6-7,10,15H,3-5,8H2,1-2H3. The topological polar surface area (TPSA) is 12.0 Å². The van der Waals surface area contributed by atoms with Crippen molar-refractivity contribution in [1.29, 1.82) is 0 Å². The van der Waals surface area contributed by atoms with Crippen molar-refractivity contribution in [2.24, 2.45) is 0 Å². The molecule has 1 unspecified atom stereocenters. The molecular formula is C13H18FNS. The van der Waals surface area contributed by atoms with Crippen LogP contribution in [0.3, 0.4) is 0 Å². The van der Waals surface area contributed by atoms with E-state index < -0.39 is 0 Å². The summed E-state index contributed by atoms with van der Waals surface area (Å²) in [6.45, 7) is 3.95. The molecule has 0 aliphatic carbocycles. The van der Waals surface area contributed by atoms with E-state index >= 15 is 0 Å². The molecule has 3 heteroatoms. The molecule has 1 heterocycles. The summed E-state index contributed by atoms with van der Waals surface area (Å²) in [5.74, 6) is 0.309. The van der Waals surface area contributed by atoms with E-state index in [0.717, 1.165) is 37.1 Å². The third-order valence-corrected chi connectivity index (χ3v) is 4.13. The van der Waals surface area contributed by atoms with Gasteiger partial charge in [0.05, 0.1) is 0 Å². The van der Waals surface area contributed by atoms with Gasteiger partial charge in [-0.25, -0.2) is 4.39 Å². The predicted molar refractivity (Wildman–Crippen MR) is 67.8 cm³/mol. The van der Waals surface area contributed by atoms with Crippen LogP contribution in [0.15, 0.2) is 17.0 Å². The predicted octanol–water partition coefficient (Wildman–Crippen LogP) is 3.32. The Balaban J connectivity index is 2.31. The number of aryl methyl sites for hydroxylation is 1. The fourth-order valence-electron chi connectivity index (χ4n) is 2.32. The summed E-state index contributed by atoms with van der Waals surface area (Å²) in [6, 6.07) is 3.71. The highest BCUT2D eigenvalue weighted by Gasteiger charge is 2.19. The van der Waals surface area contributed by atoms with Gasteiger partial charge in [0.2, 0.25) is 0 Å². The van der Waals surface area contributed by atoms with Gasteiger partial charge >= 0.3 is 0 Å². The number of thioether (sulfide) groups is 1. The lowest BCUT2D eigenvalue weighted by molar-refractivity contribution is 0.445. The van der Waals surface area contributed by atoms with Gasteiger partial charge in [0.25, 0.3) is 0 Å². The minimum absolute atomic E-state index is 0.0380. The summed E-state index contributed by atoms with van der Waals surface area (Å²) >= 11 is 1.70. The molecule has 0 aromatic heterocycles. The van der Waals surface area contributed by atoms with Crippen LogP contribution >= 0.6 is 11.8 Å². The first-order chi connectivity index (χ1) is 7.72. The van der Waals surface area contributed by atoms with Gasteiger partial charge in [-0.1, -0.05) is 0 Å². The molecule has 88 valence electrons. The molecule has 1 N–H and O–H groups in total. The molecule has 0 radical (unpaired) electrons. The van der Waals surface area contributed by atoms with Crippen LogP contribution in [0.4, 0.5) is 4.39 Å². The van der Waals surface area contributed by atoms with Gasteiger partial charge in [-0.2, -0.15) is 0 Å². The maximum absolute atomic E-state index is 13.9. The number of piperidine rings is 1. The number of halogens is 1. The summed E-state index contributed by atoms with van der Waals surface area (Å²) in [5, 5.41) is 3.34. The van der Waals surface area contributed by atoms with Crippen molar-refractivity contribution < 1.29 is 4.39 Å². The van der Waals surface area contributed by atoms with Crippen LogP contribution < -0.4 is 5.32 Å². The van der Waals surface area contributed by atoms with Crippen molar-refractivity contribution in [2.45, 2.75) is 30.6 Å². The Hall–Kier alpha value is -0.540. The lowest BCUT2D eigenvalue weighted by atomic mass is 9.91. The van der Waals surface area contributed by atoms with Crippen molar-refractivity contribution >= 4 is 11.8 Å². The Bertz CT molecular complexity index is 372. The SMILES string of the molecule is CSc1cc(C2CCCNC2)c(F)cc1C. The zero-order chi connectivity index (χ0) is 11.5. The quantitative estimate of drug-likeness (QED) is 0.795. The molecule has 0 amide bonds. The van der Waals surface area contributed by atoms with Gasteiger partial charge in [-0.15, -0.1) is 11.8 Å². The molecule has 1 aromatic rings. The smallest absolute Gasteiger partial charge is 0.127 e. The summed E-state index contributed by atoms with van der Waals surface area (Å²) in [4.78, 5) is 1.20. The van der Waals surface area contributed by atoms with Crippen LogP contribution in [0, 0.1) is 12.7 Å². The van der Waals surface area contributed by atoms with Crippen LogP contribution in [-0.4, -0.2) is 19.3 Å². The molecule has 0 spiro atoms. The lowest BCUT2D eigenvalue weighted by Crippen LogP contribution is -2.28. The number of hydrogen-bond donors (Lipinski definition) is 1. The van der Waals surface area contributed by atoms with E-state index in [4.69, 9.17) is 0 Å². The van der Waals surface area contributed by atoms with Gasteiger partial charge in [0.15, 0.2) is 0 Å². The summed E-state index contributed by atoms with van der Waals surface area (Å²) in [7, 11) is 0. The Morgan fingerprint density at radius 1 is 1.44 bits per heavy atom. The second-order valence-corrected chi connectivity index (χ2v) is 5.23. The first-order valence-electron chi connectivity index (χ1n) is 5.77. The molecule has 0 bridgehead atoms. The highest BCUT2D eigenvalue weighted by Crippen LogP contribution is 2.30. The highest BCUT2D eigenvalue weighted by atomic mass is 32.2. The second kappa shape index (κ2) is 5.19. The first kappa shape index (κ1) is 11.9. The van der Waals surface area contributed by atoms with Crippen LogP contribution in [0.5, 0.6) is 0 Å². The average molecular weight is 239 g/mol. The lowest BCUT2D eigenvalue weighted by Gasteiger charge is -2.24. The highest BCUT2D eigenvalue weighted by molar-refractivity contribution is 7.98. The maximum atomic E-state index is 13.9. The number of hydrogen-bond acceptors (Lipinski definition) is 2. The molecule has 1 aromatic carbocycles. The normalized spacial score (nSPS) is 21.1. The second-order valence-electron chi connectivity index (χ2n) is 4.39. The van der Waals surface area contributed by atoms with E-state index in [1.165, 1.54) is 4.90 Å². The van der Waals surface area contributed by atoms with Crippen molar-refractivity contribution in [3.63, 3.8) is 0 Å². The molecule has 1 nitrogen and oxygen atoms in total. The van der Waals surface area contributed by atoms with Crippen LogP contribution in [0.25, 0.3) is 0 Å². The molecule has 1 atom stereocenters. The summed E-state index contributed by atoms with van der Waals surface area (Å²) < 4.78 is 13.9. The van der Waals surface area contributed by atoms with Crippen LogP contribution in [0.1, 0.15) is 29.9 Å². The zero-order valence-electron chi connectivity index (χ0n) is 9.85. The van der Waals surface area contributed by atoms with E-state index in [1.807, 2.05) is 19.2 Å². The van der Waals surface area contributed by atoms with Crippen molar-refractivity contribution in [2.75, 3.05) is 19.3 Å². The average Bonchev–Trinajstić information content (AvgIpc) is 2.30. The first-order valence-corrected chi connectivity index (χ1v) is 6.99. The molecule has 2 rings (SSSR count). The van der Waals surface area contributed by atoms with E-state index in [0.29, 0.717) is 5.92 Å². The Morgan fingerprint density at radius 3 is 2.88 bits per heavy atom. The van der Waals surface area contributed by atoms with Gasteiger partial charge in [-0.05, 0) is 61.7 Å². The van der Waals surface area contributed by atoms with E-state index in [1.54, 1.807) is 17.8 Å². The van der Waals surface area contributed by atoms with Gasteiger partial charge in [-0.3, -0.25) is 0 Å². The summed E-state index contributed by atoms with van der Waals surface area (Å²) in [6.07, 6.45) is 4.29. The van der Waals surface area contributed by atoms with Crippen molar-refractivity contribution in [3.05, 3.63) is 29.1 Å². The third-order valence-electron chi connectivity index (χ3n) is 3.25. The van der Waals surface area contributed by atoms with Gasteiger partial charge in [0.1, 0.15) is 5.82 Å². The van der Waals surface area contributed by atoms with E-state index in [2.05, 4.69) is 5.32 Å². The monoisotopic (exact) mass is 239 g/mol. The van der Waals surface area contributed by atoms with Crippen LogP contribution in [-0.2, 0) is 0 Å². The Morgan fingerprint density at radius 2 is 2.25 bits per heavy atom. The molecule has 1 aliphatic rings. The van der Waals surface area contributed by atoms with Gasteiger partial charge in [0, 0.05) is 11.4 Å². The minimum Gasteiger partial charge on any atom is -0.316 e. The Kier molecular flexibility index (Phi) is 3.87. The molecule has 1 aliphatic heterocycles. The fraction of sp³-hybridized carbons (Fsp3) is 0.538. The zero-order valence-corrected chi connectivity index (χ0v) is 10.7. The summed E-state index contributed by atoms with van der Waals surface area (Å²) in [5.41, 5.74) is 1.93. The van der Waals surface area contributed by atoms with Crippen LogP contribution in [0.2, 0.25) is 0 Å². The fourth-order valence-corrected chi connectivity index (χ4v) is 2.94. The van der Waals surface area contributed by atoms with Crippen molar-refractivity contribution in [1.82, 2.24) is 5.32 Å². The molecule has 1 saturated heterocycles. The number of rotatable bonds is 2. The number of benzene rings is 1. The Labute approximate surface area is 101 Å². The van der Waals surface area contributed by atoms with E-state index in [-0.39, 0.29) is 5.82 Å². The molecule has 16 heavy (non-hydrogen) atoms.